The van der Waals surface area contributed by atoms with E-state index in [4.69, 9.17) is 50.0 Å². The van der Waals surface area contributed by atoms with Crippen molar-refractivity contribution in [1.82, 2.24) is 81.6 Å². The summed E-state index contributed by atoms with van der Waals surface area (Å²) in [6.45, 7) is -2.52. The third-order valence-corrected chi connectivity index (χ3v) is 26.4. The predicted molar refractivity (Wildman–Crippen MR) is 355 cm³/mol. The number of imidazole rings is 2. The van der Waals surface area contributed by atoms with E-state index < -0.39 is 133 Å². The second-order valence-corrected chi connectivity index (χ2v) is 34.8. The quantitative estimate of drug-likeness (QED) is 0.0122. The monoisotopic (exact) mass is 1670 g/mol. The number of phosphoric ester groups is 2. The Morgan fingerprint density at radius 1 is 0.538 bits per heavy atom. The second kappa shape index (κ2) is 35.1. The number of aliphatic hydroxyl groups excluding tert-OH is 2. The van der Waals surface area contributed by atoms with E-state index in [1.165, 1.54) is 0 Å². The number of carbonyl (C=O) groups is 6. The van der Waals surface area contributed by atoms with Crippen LogP contribution in [0.1, 0.15) is 63.8 Å². The number of fused-ring (bicyclic) bond motifs is 4. The van der Waals surface area contributed by atoms with Crippen LogP contribution in [0.5, 0.6) is 0 Å². The summed E-state index contributed by atoms with van der Waals surface area (Å²) in [5, 5.41) is 44.3. The van der Waals surface area contributed by atoms with E-state index in [9.17, 15) is 95.5 Å². The Hall–Kier alpha value is -6.32. The Labute approximate surface area is 601 Å². The largest absolute Gasteiger partial charge is 0.490 e. The number of urea groups is 2. The average molecular weight is 1670 g/mol. The first kappa shape index (κ1) is 83.7. The molecule has 10 heterocycles. The van der Waals surface area contributed by atoms with Crippen LogP contribution in [0.2, 0.25) is 0 Å². The van der Waals surface area contributed by atoms with Crippen molar-refractivity contribution >= 4 is 141 Å². The number of ether oxygens (including phenoxy) is 4. The van der Waals surface area contributed by atoms with Gasteiger partial charge >= 0.3 is 71.2 Å². The minimum Gasteiger partial charge on any atom is -0.440 e. The highest BCUT2D eigenvalue weighted by Crippen LogP contribution is 2.67. The van der Waals surface area contributed by atoms with E-state index in [0.29, 0.717) is 12.8 Å². The van der Waals surface area contributed by atoms with Crippen LogP contribution in [0.15, 0.2) is 22.2 Å². The van der Waals surface area contributed by atoms with Crippen molar-refractivity contribution in [3.05, 3.63) is 33.4 Å². The number of hydrogen-bond donors (Lipinski definition) is 22. The normalized spacial score (nSPS) is 27.7. The summed E-state index contributed by atoms with van der Waals surface area (Å²) in [5.41, 5.74) is 8.91. The smallest absolute Gasteiger partial charge is 0.440 e. The fourth-order valence-electron chi connectivity index (χ4n) is 11.4. The molecule has 4 unspecified atom stereocenters. The van der Waals surface area contributed by atoms with Gasteiger partial charge in [0.15, 0.2) is 47.0 Å². The number of nitrogens with zero attached hydrogens (tertiary/aromatic N) is 6. The first-order valence-corrected chi connectivity index (χ1v) is 42.2. The molecule has 0 spiro atoms. The molecule has 0 aliphatic carbocycles. The number of hydrogen-bond acceptors (Lipinski definition) is 34. The topological polar surface area (TPSA) is 775 Å². The lowest BCUT2D eigenvalue weighted by molar-refractivity contribution is -0.122. The molecule has 0 radical (unpaired) electrons. The summed E-state index contributed by atoms with van der Waals surface area (Å²) in [6, 6.07) is 0.0308. The molecule has 0 saturated carbocycles. The number of thioether (sulfide) groups is 2. The summed E-state index contributed by atoms with van der Waals surface area (Å²) in [7, 11) is -34.4. The molecular weight excluding hydrogens is 1600 g/mol. The maximum absolute atomic E-state index is 12.8. The van der Waals surface area contributed by atoms with Crippen molar-refractivity contribution in [3.8, 4) is 0 Å². The highest BCUT2D eigenvalue weighted by molar-refractivity contribution is 8.00. The van der Waals surface area contributed by atoms with Crippen LogP contribution in [0.3, 0.4) is 0 Å². The van der Waals surface area contributed by atoms with Gasteiger partial charge in [-0.25, -0.2) is 56.5 Å². The zero-order valence-corrected chi connectivity index (χ0v) is 61.2. The van der Waals surface area contributed by atoms with Crippen LogP contribution in [-0.4, -0.2) is 247 Å². The number of aromatic nitrogens is 8. The molecule has 0 aromatic carbocycles. The molecule has 6 aliphatic heterocycles. The number of carbonyl (C=O) groups excluding carboxylic acids is 6. The molecule has 4 aromatic rings. The summed E-state index contributed by atoms with van der Waals surface area (Å²) < 4.78 is 118. The number of unbranched alkanes of at least 4 members (excludes halogenated alkanes) is 2. The van der Waals surface area contributed by atoms with Crippen molar-refractivity contribution < 1.29 is 151 Å². The predicted octanol–water partition coefficient (Wildman–Crippen LogP) is -3.52. The zero-order valence-electron chi connectivity index (χ0n) is 54.2. The SMILES string of the molecule is Nc1nc2c(ncn2[C@@H]2O[C@H](COP(=O)(O)OP(=O)(O)OP(=O)(O)O)[C@@H](O)[C@H]2OC(=O)NCCNC(=O)CCCC[C@@H]2SC[C@@H]3NC(=O)N[C@@H]32)c(=O)[nH]1.Nc1nc2c(ncn2[C@@H]2O[C@H](COP(=O)(O)OP(=O)(O)OP(=O)(O)O)[C@@H](OC(=O)NCCNC(=O)CCCC[C@@H]3SC[C@@H]4NC(=O)N[C@@H]43)[C@H]2O)c(=O)[nH]1. The Morgan fingerprint density at radius 2 is 0.943 bits per heavy atom. The molecule has 52 nitrogen and oxygen atoms in total. The van der Waals surface area contributed by atoms with Gasteiger partial charge in [0.1, 0.15) is 24.4 Å². The van der Waals surface area contributed by atoms with Crippen molar-refractivity contribution in [3.63, 3.8) is 0 Å². The lowest BCUT2D eigenvalue weighted by Crippen LogP contribution is -2.42. The van der Waals surface area contributed by atoms with E-state index >= 15 is 0 Å². The van der Waals surface area contributed by atoms with Crippen molar-refractivity contribution in [1.29, 1.82) is 0 Å². The molecular formula is C46H72N18O34P6S2. The van der Waals surface area contributed by atoms with Gasteiger partial charge in [0.25, 0.3) is 11.1 Å². The number of aromatic amines is 2. The number of nitrogen functional groups attached to an aromatic ring is 2. The molecule has 8 amide bonds. The molecule has 6 fully saturated rings. The molecule has 592 valence electrons. The van der Waals surface area contributed by atoms with Crippen molar-refractivity contribution in [2.75, 3.05) is 62.4 Å². The van der Waals surface area contributed by atoms with Gasteiger partial charge in [-0.05, 0) is 25.7 Å². The van der Waals surface area contributed by atoms with Gasteiger partial charge in [-0.15, -0.1) is 0 Å². The van der Waals surface area contributed by atoms with Gasteiger partial charge in [-0.1, -0.05) is 12.8 Å². The maximum atomic E-state index is 12.8. The Kier molecular flexibility index (Phi) is 27.8. The van der Waals surface area contributed by atoms with Gasteiger partial charge in [0.05, 0.1) is 50.0 Å². The lowest BCUT2D eigenvalue weighted by atomic mass is 10.0. The first-order chi connectivity index (χ1) is 49.6. The van der Waals surface area contributed by atoms with Crippen LogP contribution >= 0.6 is 70.5 Å². The van der Waals surface area contributed by atoms with E-state index in [1.807, 2.05) is 0 Å². The number of amides is 8. The Morgan fingerprint density at radius 3 is 1.39 bits per heavy atom. The number of anilines is 2. The standard InChI is InChI=1S/2C23H36N9O17P3S/c24-21-30-18-15(19(35)31-21)27-9-32(18)20-16(34)17(11(46-20)7-45-51(41,42)49-52(43,44)48-50(38,39)40)47-23(37)26-6-5-25-13(33)4-2-1-3-12-14-10(8-53-12)28-22(36)29-14;24-21-30-18-15(19(35)31-21)27-9-32(18)20-17(16(34)11(46-20)7-45-51(41,42)49-52(43,44)48-50(38,39)40)47-23(37)26-6-5-25-13(33)4-2-1-3-12-14-10(8-53-12)28-22(36)29-14/h2*9-12,14,16-17,20,34H,1-8H2,(H,25,33)(H,26,37)(H,41,42)(H,43,44)(H2,28,29,36)(H2,38,39,40)(H3,24,30,31,35)/t2*10-,11+,12-,14-,16+,17+,20+/m00/s1. The van der Waals surface area contributed by atoms with E-state index in [-0.39, 0.29) is 132 Å². The molecule has 4 aromatic heterocycles. The fraction of sp³-hybridized carbons (Fsp3) is 0.652. The minimum absolute atomic E-state index is 0.00183. The highest BCUT2D eigenvalue weighted by atomic mass is 32.2. The van der Waals surface area contributed by atoms with Crippen LogP contribution < -0.4 is 65.1 Å². The Balaban J connectivity index is 0.000000245. The number of nitrogens with two attached hydrogens (primary N) is 2. The number of phosphoric acid groups is 6. The summed E-state index contributed by atoms with van der Waals surface area (Å²) >= 11 is 3.55. The highest BCUT2D eigenvalue weighted by Gasteiger charge is 2.53. The van der Waals surface area contributed by atoms with Crippen LogP contribution in [0, 0.1) is 0 Å². The Bertz CT molecular complexity index is 4320. The van der Waals surface area contributed by atoms with Crippen molar-refractivity contribution in [2.24, 2.45) is 0 Å². The first-order valence-electron chi connectivity index (χ1n) is 31.1. The second-order valence-electron chi connectivity index (χ2n) is 23.5. The molecule has 106 heavy (non-hydrogen) atoms. The fourth-order valence-corrected chi connectivity index (χ4v) is 20.6. The summed E-state index contributed by atoms with van der Waals surface area (Å²) in [4.78, 5) is 191. The van der Waals surface area contributed by atoms with E-state index in [2.05, 4.69) is 98.7 Å². The molecule has 0 bridgehead atoms. The van der Waals surface area contributed by atoms with Crippen molar-refractivity contribution in [2.45, 2.75) is 135 Å². The van der Waals surface area contributed by atoms with E-state index in [1.54, 1.807) is 23.5 Å². The molecule has 6 aliphatic rings. The molecule has 24 N–H and O–H groups in total. The van der Waals surface area contributed by atoms with Crippen LogP contribution in [0.4, 0.5) is 31.1 Å². The number of aliphatic hydroxyl groups is 2. The molecule has 18 atom stereocenters. The minimum atomic E-state index is -5.87. The third-order valence-electron chi connectivity index (χ3n) is 15.8. The number of nitrogens with one attached hydrogen (secondary N) is 10. The van der Waals surface area contributed by atoms with Gasteiger partial charge in [0.2, 0.25) is 23.7 Å². The van der Waals surface area contributed by atoms with E-state index in [0.717, 1.165) is 59.0 Å². The number of H-pyrrole nitrogens is 2. The average Bonchev–Trinajstić information content (AvgIpc) is 1.62. The summed E-state index contributed by atoms with van der Waals surface area (Å²) in [6.07, 6.45) is -8.97. The van der Waals surface area contributed by atoms with Crippen LogP contribution in [-0.2, 0) is 82.2 Å². The third kappa shape index (κ3) is 23.4. The molecule has 6 saturated heterocycles. The maximum Gasteiger partial charge on any atom is 0.490 e. The number of rotatable bonds is 34. The molecule has 60 heteroatoms. The van der Waals surface area contributed by atoms with Gasteiger partial charge < -0.3 is 122 Å². The van der Waals surface area contributed by atoms with Gasteiger partial charge in [-0.3, -0.25) is 47.3 Å². The van der Waals surface area contributed by atoms with Crippen LogP contribution in [0.25, 0.3) is 22.3 Å². The molecule has 10 rings (SSSR count). The lowest BCUT2D eigenvalue weighted by Gasteiger charge is -2.22. The number of alkyl carbamates (subject to hydrolysis) is 2. The van der Waals surface area contributed by atoms with Gasteiger partial charge in [-0.2, -0.15) is 50.7 Å². The summed E-state index contributed by atoms with van der Waals surface area (Å²) in [5.74, 6) is 0.451. The van der Waals surface area contributed by atoms with Gasteiger partial charge in [0, 0.05) is 61.0 Å². The zero-order chi connectivity index (χ0) is 77.4.